The second-order valence-corrected chi connectivity index (χ2v) is 5.81. The Kier molecular flexibility index (Phi) is 4.55. The number of rotatable bonds is 5. The molecule has 0 aromatic heterocycles. The third-order valence-electron chi connectivity index (χ3n) is 2.75. The molecule has 0 amide bonds. The van der Waals surface area contributed by atoms with Gasteiger partial charge in [-0.3, -0.25) is 0 Å². The highest BCUT2D eigenvalue weighted by Crippen LogP contribution is 2.26. The first kappa shape index (κ1) is 16.2. The zero-order chi connectivity index (χ0) is 15.6. The second-order valence-electron chi connectivity index (χ2n) is 5.81. The summed E-state index contributed by atoms with van der Waals surface area (Å²) in [6.07, 6.45) is -0.227. The van der Waals surface area contributed by atoms with Gasteiger partial charge in [0.15, 0.2) is 0 Å². The predicted octanol–water partition coefficient (Wildman–Crippen LogP) is 2.26. The van der Waals surface area contributed by atoms with E-state index >= 15 is 0 Å². The molecule has 0 aliphatic carbocycles. The summed E-state index contributed by atoms with van der Waals surface area (Å²) < 4.78 is 5.38. The van der Waals surface area contributed by atoms with Gasteiger partial charge in [-0.1, -0.05) is 29.8 Å². The van der Waals surface area contributed by atoms with Crippen molar-refractivity contribution < 1.29 is 24.5 Å². The summed E-state index contributed by atoms with van der Waals surface area (Å²) in [4.78, 5) is 23.0. The van der Waals surface area contributed by atoms with Gasteiger partial charge < -0.3 is 14.9 Å². The number of aliphatic carboxylic acids is 2. The van der Waals surface area contributed by atoms with Gasteiger partial charge in [0.1, 0.15) is 0 Å². The number of carbonyl (C=O) groups is 2. The lowest BCUT2D eigenvalue weighted by atomic mass is 9.92. The van der Waals surface area contributed by atoms with E-state index < -0.39 is 23.1 Å². The molecular formula is C15H20O5. The average Bonchev–Trinajstić information content (AvgIpc) is 2.28. The Hall–Kier alpha value is -1.88. The molecule has 0 bridgehead atoms. The molecular weight excluding hydrogens is 260 g/mol. The molecule has 1 rings (SSSR count). The van der Waals surface area contributed by atoms with Crippen molar-refractivity contribution in [2.24, 2.45) is 0 Å². The zero-order valence-electron chi connectivity index (χ0n) is 12.1. The van der Waals surface area contributed by atoms with Crippen LogP contribution < -0.4 is 0 Å². The molecule has 5 nitrogen and oxygen atoms in total. The van der Waals surface area contributed by atoms with Crippen molar-refractivity contribution in [2.75, 3.05) is 0 Å². The summed E-state index contributed by atoms with van der Waals surface area (Å²) in [7, 11) is 0. The van der Waals surface area contributed by atoms with E-state index in [4.69, 9.17) is 4.74 Å². The number of ether oxygens (including phenoxy) is 1. The summed E-state index contributed by atoms with van der Waals surface area (Å²) in [5.41, 5.74) is -1.55. The van der Waals surface area contributed by atoms with E-state index in [1.807, 2.05) is 6.92 Å². The van der Waals surface area contributed by atoms with Gasteiger partial charge in [0.05, 0.1) is 5.60 Å². The van der Waals surface area contributed by atoms with Crippen LogP contribution in [-0.2, 0) is 20.7 Å². The van der Waals surface area contributed by atoms with Gasteiger partial charge in [0, 0.05) is 6.42 Å². The van der Waals surface area contributed by atoms with Crippen molar-refractivity contribution >= 4 is 11.9 Å². The van der Waals surface area contributed by atoms with Gasteiger partial charge in [0.25, 0.3) is 5.60 Å². The Bertz CT molecular complexity index is 482. The Labute approximate surface area is 118 Å². The lowest BCUT2D eigenvalue weighted by Crippen LogP contribution is -2.54. The maximum Gasteiger partial charge on any atom is 0.348 e. The molecule has 0 aliphatic rings. The number of aryl methyl sites for hydroxylation is 1. The highest BCUT2D eigenvalue weighted by molar-refractivity contribution is 6.02. The first-order valence-electron chi connectivity index (χ1n) is 6.29. The first-order valence-corrected chi connectivity index (χ1v) is 6.29. The van der Waals surface area contributed by atoms with Crippen LogP contribution in [0.5, 0.6) is 0 Å². The molecule has 5 heteroatoms. The third-order valence-corrected chi connectivity index (χ3v) is 2.75. The highest BCUT2D eigenvalue weighted by atomic mass is 16.6. The van der Waals surface area contributed by atoms with Crippen LogP contribution in [0.3, 0.4) is 0 Å². The number of carboxylic acid groups (broad SMARTS) is 2. The van der Waals surface area contributed by atoms with Crippen LogP contribution in [0, 0.1) is 6.92 Å². The van der Waals surface area contributed by atoms with Crippen molar-refractivity contribution in [1.82, 2.24) is 0 Å². The Morgan fingerprint density at radius 2 is 1.50 bits per heavy atom. The van der Waals surface area contributed by atoms with E-state index in [1.165, 1.54) is 0 Å². The molecule has 0 fully saturated rings. The van der Waals surface area contributed by atoms with E-state index in [-0.39, 0.29) is 6.42 Å². The smallest absolute Gasteiger partial charge is 0.348 e. The van der Waals surface area contributed by atoms with E-state index in [0.29, 0.717) is 5.56 Å². The highest BCUT2D eigenvalue weighted by Gasteiger charge is 2.50. The summed E-state index contributed by atoms with van der Waals surface area (Å²) in [6, 6.07) is 7.03. The van der Waals surface area contributed by atoms with Crippen LogP contribution in [0.2, 0.25) is 0 Å². The molecule has 1 aromatic carbocycles. The van der Waals surface area contributed by atoms with Crippen molar-refractivity contribution in [3.63, 3.8) is 0 Å². The van der Waals surface area contributed by atoms with Crippen LogP contribution >= 0.6 is 0 Å². The Morgan fingerprint density at radius 3 is 1.85 bits per heavy atom. The van der Waals surface area contributed by atoms with Gasteiger partial charge >= 0.3 is 11.9 Å². The summed E-state index contributed by atoms with van der Waals surface area (Å²) in [6.45, 7) is 6.78. The lowest BCUT2D eigenvalue weighted by molar-refractivity contribution is -0.199. The van der Waals surface area contributed by atoms with Gasteiger partial charge in [0.2, 0.25) is 0 Å². The number of hydrogen-bond acceptors (Lipinski definition) is 3. The van der Waals surface area contributed by atoms with E-state index in [2.05, 4.69) is 0 Å². The molecule has 0 atom stereocenters. The standard InChI is InChI=1S/C15H20O5/c1-10-5-7-11(8-6-10)9-15(12(16)17,13(18)19)20-14(2,3)4/h5-8H,9H2,1-4H3,(H,16,17)(H,18,19). The molecule has 2 N–H and O–H groups in total. The topological polar surface area (TPSA) is 83.8 Å². The van der Waals surface area contributed by atoms with E-state index in [9.17, 15) is 19.8 Å². The largest absolute Gasteiger partial charge is 0.479 e. The maximum absolute atomic E-state index is 11.5. The molecule has 0 saturated carbocycles. The third kappa shape index (κ3) is 3.81. The first-order chi connectivity index (χ1) is 9.07. The molecule has 0 radical (unpaired) electrons. The van der Waals surface area contributed by atoms with Crippen molar-refractivity contribution in [1.29, 1.82) is 0 Å². The molecule has 1 aromatic rings. The van der Waals surface area contributed by atoms with Crippen LogP contribution in [0.4, 0.5) is 0 Å². The van der Waals surface area contributed by atoms with Crippen LogP contribution in [0.25, 0.3) is 0 Å². The fraction of sp³-hybridized carbons (Fsp3) is 0.467. The van der Waals surface area contributed by atoms with Crippen molar-refractivity contribution in [3.8, 4) is 0 Å². The number of hydrogen-bond donors (Lipinski definition) is 2. The zero-order valence-corrected chi connectivity index (χ0v) is 12.1. The van der Waals surface area contributed by atoms with Crippen LogP contribution in [-0.4, -0.2) is 33.4 Å². The van der Waals surface area contributed by atoms with Gasteiger partial charge in [-0.15, -0.1) is 0 Å². The molecule has 0 aliphatic heterocycles. The fourth-order valence-electron chi connectivity index (χ4n) is 1.88. The van der Waals surface area contributed by atoms with Crippen molar-refractivity contribution in [3.05, 3.63) is 35.4 Å². The monoisotopic (exact) mass is 280 g/mol. The van der Waals surface area contributed by atoms with Crippen LogP contribution in [0.1, 0.15) is 31.9 Å². The van der Waals surface area contributed by atoms with Gasteiger partial charge in [-0.05, 0) is 33.3 Å². The molecule has 20 heavy (non-hydrogen) atoms. The summed E-state index contributed by atoms with van der Waals surface area (Å²) >= 11 is 0. The summed E-state index contributed by atoms with van der Waals surface area (Å²) in [5, 5.41) is 18.7. The molecule has 0 unspecified atom stereocenters. The Morgan fingerprint density at radius 1 is 1.05 bits per heavy atom. The number of benzene rings is 1. The van der Waals surface area contributed by atoms with E-state index in [1.54, 1.807) is 45.0 Å². The SMILES string of the molecule is Cc1ccc(CC(OC(C)(C)C)(C(=O)O)C(=O)O)cc1. The fourth-order valence-corrected chi connectivity index (χ4v) is 1.88. The van der Waals surface area contributed by atoms with Crippen molar-refractivity contribution in [2.45, 2.75) is 45.3 Å². The lowest BCUT2D eigenvalue weighted by Gasteiger charge is -2.32. The molecule has 0 spiro atoms. The second kappa shape index (κ2) is 5.63. The Balaban J connectivity index is 3.19. The molecule has 0 saturated heterocycles. The quantitative estimate of drug-likeness (QED) is 0.808. The minimum atomic E-state index is -2.28. The molecule has 0 heterocycles. The van der Waals surface area contributed by atoms with E-state index in [0.717, 1.165) is 5.56 Å². The maximum atomic E-state index is 11.5. The number of carboxylic acids is 2. The molecule has 110 valence electrons. The van der Waals surface area contributed by atoms with Gasteiger partial charge in [-0.25, -0.2) is 9.59 Å². The van der Waals surface area contributed by atoms with Crippen LogP contribution in [0.15, 0.2) is 24.3 Å². The normalized spacial score (nSPS) is 12.2. The minimum Gasteiger partial charge on any atom is -0.479 e. The predicted molar refractivity (Wildman–Crippen MR) is 73.7 cm³/mol. The average molecular weight is 280 g/mol. The minimum absolute atomic E-state index is 0.227. The summed E-state index contributed by atoms with van der Waals surface area (Å²) in [5.74, 6) is -3.00. The van der Waals surface area contributed by atoms with Gasteiger partial charge in [-0.2, -0.15) is 0 Å².